The number of carbonyl (C=O) groups excluding carboxylic acids is 3. The second-order valence-electron chi connectivity index (χ2n) is 7.51. The summed E-state index contributed by atoms with van der Waals surface area (Å²) in [4.78, 5) is 41.7. The van der Waals surface area contributed by atoms with Crippen LogP contribution in [-0.2, 0) is 22.5 Å². The Labute approximate surface area is 174 Å². The van der Waals surface area contributed by atoms with Gasteiger partial charge in [-0.1, -0.05) is 37.3 Å². The first-order valence-corrected chi connectivity index (χ1v) is 10.2. The van der Waals surface area contributed by atoms with E-state index in [4.69, 9.17) is 4.74 Å². The van der Waals surface area contributed by atoms with Crippen LogP contribution in [0.2, 0.25) is 0 Å². The number of esters is 1. The molecular formula is C24H24N2O4. The van der Waals surface area contributed by atoms with Crippen molar-refractivity contribution in [2.45, 2.75) is 32.7 Å². The molecule has 1 aromatic heterocycles. The van der Waals surface area contributed by atoms with Gasteiger partial charge >= 0.3 is 5.97 Å². The molecule has 6 heteroatoms. The molecule has 6 nitrogen and oxygen atoms in total. The highest BCUT2D eigenvalue weighted by Crippen LogP contribution is 2.23. The van der Waals surface area contributed by atoms with Gasteiger partial charge in [-0.05, 0) is 36.1 Å². The lowest BCUT2D eigenvalue weighted by atomic mass is 10.1. The zero-order chi connectivity index (χ0) is 21.1. The van der Waals surface area contributed by atoms with Gasteiger partial charge in [-0.15, -0.1) is 0 Å². The highest BCUT2D eigenvalue weighted by molar-refractivity contribution is 6.09. The number of nitrogens with one attached hydrogen (secondary N) is 1. The van der Waals surface area contributed by atoms with Gasteiger partial charge in [0.25, 0.3) is 0 Å². The van der Waals surface area contributed by atoms with Gasteiger partial charge in [-0.3, -0.25) is 9.59 Å². The number of ketones is 1. The number of likely N-dealkylation sites (tertiary alicyclic amines) is 1. The number of fused-ring (bicyclic) bond motifs is 1. The highest BCUT2D eigenvalue weighted by Gasteiger charge is 2.20. The Morgan fingerprint density at radius 3 is 2.63 bits per heavy atom. The summed E-state index contributed by atoms with van der Waals surface area (Å²) in [5.41, 5.74) is 3.95. The molecule has 1 aliphatic heterocycles. The molecule has 1 N–H and O–H groups in total. The van der Waals surface area contributed by atoms with Gasteiger partial charge in [0.1, 0.15) is 0 Å². The highest BCUT2D eigenvalue weighted by atomic mass is 16.5. The summed E-state index contributed by atoms with van der Waals surface area (Å²) < 4.78 is 5.24. The van der Waals surface area contributed by atoms with E-state index >= 15 is 0 Å². The van der Waals surface area contributed by atoms with Gasteiger partial charge in [0, 0.05) is 42.2 Å². The van der Waals surface area contributed by atoms with Crippen molar-refractivity contribution < 1.29 is 19.1 Å². The molecule has 0 aliphatic carbocycles. The number of aryl methyl sites for hydroxylation is 1. The summed E-state index contributed by atoms with van der Waals surface area (Å²) in [6.45, 7) is 3.07. The van der Waals surface area contributed by atoms with Crippen LogP contribution < -0.4 is 0 Å². The van der Waals surface area contributed by atoms with Crippen LogP contribution in [-0.4, -0.2) is 40.7 Å². The monoisotopic (exact) mass is 404 g/mol. The van der Waals surface area contributed by atoms with Crippen molar-refractivity contribution >= 4 is 28.6 Å². The summed E-state index contributed by atoms with van der Waals surface area (Å²) >= 11 is 0. The number of ether oxygens (including phenoxy) is 1. The van der Waals surface area contributed by atoms with E-state index < -0.39 is 5.97 Å². The van der Waals surface area contributed by atoms with E-state index in [-0.39, 0.29) is 18.3 Å². The Morgan fingerprint density at radius 1 is 1.13 bits per heavy atom. The number of H-pyrrole nitrogens is 1. The summed E-state index contributed by atoms with van der Waals surface area (Å²) in [6, 6.07) is 12.8. The minimum Gasteiger partial charge on any atom is -0.454 e. The molecule has 2 aromatic carbocycles. The van der Waals surface area contributed by atoms with E-state index in [1.165, 1.54) is 0 Å². The number of aromatic amines is 1. The lowest BCUT2D eigenvalue weighted by Crippen LogP contribution is -2.23. The molecule has 0 saturated carbocycles. The summed E-state index contributed by atoms with van der Waals surface area (Å²) in [7, 11) is 0. The summed E-state index contributed by atoms with van der Waals surface area (Å²) in [5.74, 6) is -0.617. The Balaban J connectivity index is 1.37. The molecule has 4 rings (SSSR count). The van der Waals surface area contributed by atoms with Gasteiger partial charge in [0.05, 0.1) is 5.56 Å². The lowest BCUT2D eigenvalue weighted by molar-refractivity contribution is -0.128. The van der Waals surface area contributed by atoms with Crippen molar-refractivity contribution in [1.29, 1.82) is 0 Å². The molecule has 0 radical (unpaired) electrons. The molecule has 1 amide bonds. The third-order valence-electron chi connectivity index (χ3n) is 5.55. The van der Waals surface area contributed by atoms with Crippen LogP contribution in [0.25, 0.3) is 10.9 Å². The van der Waals surface area contributed by atoms with Gasteiger partial charge in [0.15, 0.2) is 6.61 Å². The first-order chi connectivity index (χ1) is 14.6. The van der Waals surface area contributed by atoms with Crippen LogP contribution >= 0.6 is 0 Å². The molecule has 30 heavy (non-hydrogen) atoms. The maximum Gasteiger partial charge on any atom is 0.338 e. The van der Waals surface area contributed by atoms with E-state index in [0.29, 0.717) is 24.1 Å². The van der Waals surface area contributed by atoms with E-state index in [9.17, 15) is 14.4 Å². The molecule has 1 fully saturated rings. The molecule has 1 saturated heterocycles. The third kappa shape index (κ3) is 3.99. The number of Topliss-reactive ketones (excluding diaryl/α,β-unsaturated/α-hetero) is 1. The molecule has 0 bridgehead atoms. The number of rotatable bonds is 7. The van der Waals surface area contributed by atoms with Crippen molar-refractivity contribution in [2.24, 2.45) is 0 Å². The first-order valence-electron chi connectivity index (χ1n) is 10.2. The molecule has 0 atom stereocenters. The average Bonchev–Trinajstić information content (AvgIpc) is 3.38. The third-order valence-corrected chi connectivity index (χ3v) is 5.55. The normalized spacial score (nSPS) is 13.8. The van der Waals surface area contributed by atoms with Crippen molar-refractivity contribution in [3.05, 3.63) is 70.9 Å². The number of amides is 1. The lowest BCUT2D eigenvalue weighted by Gasteiger charge is -2.15. The SMILES string of the molecule is CCc1cccc2c(C(=O)COC(=O)c3ccc(CN4CCCC4=O)cc3)c[nH]c12. The molecule has 0 spiro atoms. The predicted molar refractivity (Wildman–Crippen MR) is 113 cm³/mol. The smallest absolute Gasteiger partial charge is 0.338 e. The first kappa shape index (κ1) is 19.9. The standard InChI is InChI=1S/C24H24N2O4/c1-2-17-5-3-6-19-20(13-25-23(17)19)21(27)15-30-24(29)18-10-8-16(9-11-18)14-26-12-4-7-22(26)28/h3,5-6,8-11,13,25H,2,4,7,12,14-15H2,1H3. The van der Waals surface area contributed by atoms with Crippen LogP contribution in [0.3, 0.4) is 0 Å². The Hall–Kier alpha value is -3.41. The average molecular weight is 404 g/mol. The predicted octanol–water partition coefficient (Wildman–Crippen LogP) is 3.89. The fraction of sp³-hybridized carbons (Fsp3) is 0.292. The zero-order valence-electron chi connectivity index (χ0n) is 16.9. The molecule has 1 aliphatic rings. The fourth-order valence-corrected chi connectivity index (χ4v) is 3.87. The molecule has 154 valence electrons. The van der Waals surface area contributed by atoms with Crippen LogP contribution in [0, 0.1) is 0 Å². The van der Waals surface area contributed by atoms with E-state index in [1.807, 2.05) is 35.2 Å². The van der Waals surface area contributed by atoms with Crippen LogP contribution in [0.5, 0.6) is 0 Å². The number of carbonyl (C=O) groups is 3. The summed E-state index contributed by atoms with van der Waals surface area (Å²) in [5, 5.41) is 0.844. The maximum atomic E-state index is 12.6. The topological polar surface area (TPSA) is 79.5 Å². The van der Waals surface area contributed by atoms with E-state index in [2.05, 4.69) is 11.9 Å². The van der Waals surface area contributed by atoms with Crippen molar-refractivity contribution in [1.82, 2.24) is 9.88 Å². The Morgan fingerprint density at radius 2 is 1.93 bits per heavy atom. The van der Waals surface area contributed by atoms with E-state index in [1.54, 1.807) is 18.3 Å². The van der Waals surface area contributed by atoms with Gasteiger partial charge in [-0.25, -0.2) is 4.79 Å². The Bertz CT molecular complexity index is 1100. The second-order valence-corrected chi connectivity index (χ2v) is 7.51. The number of nitrogens with zero attached hydrogens (tertiary/aromatic N) is 1. The maximum absolute atomic E-state index is 12.6. The van der Waals surface area contributed by atoms with Crippen molar-refractivity contribution in [2.75, 3.05) is 13.2 Å². The van der Waals surface area contributed by atoms with Crippen molar-refractivity contribution in [3.63, 3.8) is 0 Å². The second kappa shape index (κ2) is 8.53. The van der Waals surface area contributed by atoms with Gasteiger partial charge in [-0.2, -0.15) is 0 Å². The minimum absolute atomic E-state index is 0.167. The summed E-state index contributed by atoms with van der Waals surface area (Å²) in [6.07, 6.45) is 4.04. The number of hydrogen-bond donors (Lipinski definition) is 1. The number of hydrogen-bond acceptors (Lipinski definition) is 4. The quantitative estimate of drug-likeness (QED) is 0.479. The molecule has 3 aromatic rings. The minimum atomic E-state index is -0.541. The van der Waals surface area contributed by atoms with Gasteiger partial charge in [0.2, 0.25) is 11.7 Å². The number of aromatic nitrogens is 1. The largest absolute Gasteiger partial charge is 0.454 e. The van der Waals surface area contributed by atoms with Crippen molar-refractivity contribution in [3.8, 4) is 0 Å². The Kier molecular flexibility index (Phi) is 5.65. The fourth-order valence-electron chi connectivity index (χ4n) is 3.87. The molecule has 2 heterocycles. The molecular weight excluding hydrogens is 380 g/mol. The van der Waals surface area contributed by atoms with Crippen LogP contribution in [0.4, 0.5) is 0 Å². The van der Waals surface area contributed by atoms with Crippen LogP contribution in [0.15, 0.2) is 48.7 Å². The van der Waals surface area contributed by atoms with E-state index in [0.717, 1.165) is 41.4 Å². The molecule has 0 unspecified atom stereocenters. The number of para-hydroxylation sites is 1. The zero-order valence-corrected chi connectivity index (χ0v) is 16.9. The van der Waals surface area contributed by atoms with Gasteiger partial charge < -0.3 is 14.6 Å². The van der Waals surface area contributed by atoms with Crippen LogP contribution in [0.1, 0.15) is 51.6 Å². The number of benzene rings is 2.